The molecule has 0 bridgehead atoms. The van der Waals surface area contributed by atoms with Crippen LogP contribution in [0.15, 0.2) is 65.1 Å². The van der Waals surface area contributed by atoms with Gasteiger partial charge in [0.2, 0.25) is 0 Å². The van der Waals surface area contributed by atoms with Crippen molar-refractivity contribution in [3.05, 3.63) is 70.7 Å². The highest BCUT2D eigenvalue weighted by Gasteiger charge is 2.62. The maximum absolute atomic E-state index is 3.58. The van der Waals surface area contributed by atoms with Crippen LogP contribution in [0.4, 0.5) is 5.69 Å². The Kier molecular flexibility index (Phi) is 4.41. The summed E-state index contributed by atoms with van der Waals surface area (Å²) in [5.74, 6) is 2.93. The maximum Gasteiger partial charge on any atom is 0.0653 e. The van der Waals surface area contributed by atoms with E-state index in [-0.39, 0.29) is 0 Å². The van der Waals surface area contributed by atoms with Crippen LogP contribution in [0.2, 0.25) is 0 Å². The zero-order valence-electron chi connectivity index (χ0n) is 14.9. The largest absolute Gasteiger partial charge is 0.354 e. The summed E-state index contributed by atoms with van der Waals surface area (Å²) < 4.78 is 1.58. The van der Waals surface area contributed by atoms with Crippen LogP contribution in [-0.2, 0) is 0 Å². The third-order valence-corrected chi connectivity index (χ3v) is 8.46. The molecular formula is C23H24BrNS. The average Bonchev–Trinajstić information content (AvgIpc) is 3.59. The van der Waals surface area contributed by atoms with Crippen LogP contribution in [0.1, 0.15) is 31.2 Å². The zero-order chi connectivity index (χ0) is 17.6. The summed E-state index contributed by atoms with van der Waals surface area (Å²) in [4.78, 5) is 2.65. The molecular weight excluding hydrogens is 402 g/mol. The predicted molar refractivity (Wildman–Crippen MR) is 117 cm³/mol. The minimum atomic E-state index is 0.429. The third kappa shape index (κ3) is 3.03. The lowest BCUT2D eigenvalue weighted by atomic mass is 9.86. The Bertz CT molecular complexity index is 781. The molecule has 1 unspecified atom stereocenters. The molecule has 2 aromatic carbocycles. The molecule has 3 aliphatic rings. The van der Waals surface area contributed by atoms with Crippen LogP contribution < -0.4 is 4.90 Å². The van der Waals surface area contributed by atoms with E-state index in [1.807, 2.05) is 0 Å². The van der Waals surface area contributed by atoms with Crippen LogP contribution in [0, 0.1) is 11.8 Å². The predicted octanol–water partition coefficient (Wildman–Crippen LogP) is 6.60. The van der Waals surface area contributed by atoms with Crippen LogP contribution in [-0.4, -0.2) is 16.7 Å². The number of hydrogen-bond donors (Lipinski definition) is 0. The van der Waals surface area contributed by atoms with Gasteiger partial charge < -0.3 is 4.90 Å². The van der Waals surface area contributed by atoms with Gasteiger partial charge in [0.25, 0.3) is 0 Å². The lowest BCUT2D eigenvalue weighted by Gasteiger charge is -2.37. The van der Waals surface area contributed by atoms with Crippen molar-refractivity contribution in [2.45, 2.75) is 36.5 Å². The van der Waals surface area contributed by atoms with E-state index in [9.17, 15) is 0 Å². The van der Waals surface area contributed by atoms with Gasteiger partial charge in [-0.2, -0.15) is 0 Å². The summed E-state index contributed by atoms with van der Waals surface area (Å²) in [6, 6.07) is 20.1. The van der Waals surface area contributed by atoms with E-state index in [0.29, 0.717) is 10.8 Å². The Labute approximate surface area is 169 Å². The molecule has 0 amide bonds. The lowest BCUT2D eigenvalue weighted by Crippen LogP contribution is -2.45. The highest BCUT2D eigenvalue weighted by Crippen LogP contribution is 2.64. The number of hydrogen-bond acceptors (Lipinski definition) is 2. The molecule has 0 N–H and O–H groups in total. The van der Waals surface area contributed by atoms with Crippen LogP contribution in [0.5, 0.6) is 0 Å². The summed E-state index contributed by atoms with van der Waals surface area (Å²) in [6.45, 7) is 0. The van der Waals surface area contributed by atoms with Crippen molar-refractivity contribution in [3.8, 4) is 0 Å². The van der Waals surface area contributed by atoms with Crippen molar-refractivity contribution in [2.75, 3.05) is 10.8 Å². The Balaban J connectivity index is 1.52. The van der Waals surface area contributed by atoms with Gasteiger partial charge in [0.05, 0.1) is 11.9 Å². The second-order valence-corrected chi connectivity index (χ2v) is 10.0. The quantitative estimate of drug-likeness (QED) is 0.530. The van der Waals surface area contributed by atoms with Crippen molar-refractivity contribution in [2.24, 2.45) is 11.8 Å². The molecule has 0 spiro atoms. The fraction of sp³-hybridized carbons (Fsp3) is 0.391. The highest BCUT2D eigenvalue weighted by atomic mass is 79.9. The minimum Gasteiger partial charge on any atom is -0.354 e. The second kappa shape index (κ2) is 6.76. The summed E-state index contributed by atoms with van der Waals surface area (Å²) in [7, 11) is 0. The first kappa shape index (κ1) is 16.9. The second-order valence-electron chi connectivity index (χ2n) is 7.84. The highest BCUT2D eigenvalue weighted by molar-refractivity contribution is 9.10. The molecule has 1 atom stereocenters. The standard InChI is InChI=1S/C23H24BrNS/c24-20-11-13-21(14-12-20)25-16-26-23(18-7-8-18,19-9-10-19)22(25)15-6-17-4-2-1-3-5-17/h1-6,11-15,18-19,22H,7-10,16H2/b15-6+. The average molecular weight is 426 g/mol. The van der Waals surface area contributed by atoms with Gasteiger partial charge in [0.1, 0.15) is 0 Å². The van der Waals surface area contributed by atoms with Gasteiger partial charge in [-0.25, -0.2) is 0 Å². The summed E-state index contributed by atoms with van der Waals surface area (Å²) in [6.07, 6.45) is 10.6. The Morgan fingerprint density at radius 2 is 1.58 bits per heavy atom. The van der Waals surface area contributed by atoms with E-state index in [1.54, 1.807) is 0 Å². The van der Waals surface area contributed by atoms with Gasteiger partial charge in [-0.1, -0.05) is 58.4 Å². The SMILES string of the molecule is Brc1ccc(N2CSC(C3CC3)(C3CC3)C2/C=C/c2ccccc2)cc1. The van der Waals surface area contributed by atoms with E-state index in [0.717, 1.165) is 22.2 Å². The van der Waals surface area contributed by atoms with Gasteiger partial charge >= 0.3 is 0 Å². The molecule has 2 saturated carbocycles. The Morgan fingerprint density at radius 1 is 0.923 bits per heavy atom. The monoisotopic (exact) mass is 425 g/mol. The first-order valence-corrected chi connectivity index (χ1v) is 11.4. The van der Waals surface area contributed by atoms with Gasteiger partial charge in [-0.15, -0.1) is 11.8 Å². The zero-order valence-corrected chi connectivity index (χ0v) is 17.3. The van der Waals surface area contributed by atoms with E-state index in [2.05, 4.69) is 99.3 Å². The van der Waals surface area contributed by atoms with Crippen molar-refractivity contribution in [1.82, 2.24) is 0 Å². The van der Waals surface area contributed by atoms with Gasteiger partial charge in [0, 0.05) is 14.9 Å². The van der Waals surface area contributed by atoms with E-state index >= 15 is 0 Å². The molecule has 0 aromatic heterocycles. The molecule has 1 saturated heterocycles. The topological polar surface area (TPSA) is 3.24 Å². The van der Waals surface area contributed by atoms with E-state index < -0.39 is 0 Å². The smallest absolute Gasteiger partial charge is 0.0653 e. The molecule has 5 rings (SSSR count). The molecule has 26 heavy (non-hydrogen) atoms. The van der Waals surface area contributed by atoms with Crippen LogP contribution in [0.3, 0.4) is 0 Å². The lowest BCUT2D eigenvalue weighted by molar-refractivity contribution is 0.426. The van der Waals surface area contributed by atoms with Crippen LogP contribution >= 0.6 is 27.7 Å². The normalized spacial score (nSPS) is 25.1. The number of benzene rings is 2. The first-order chi connectivity index (χ1) is 12.8. The number of halogens is 1. The maximum atomic E-state index is 3.58. The van der Waals surface area contributed by atoms with Gasteiger partial charge in [-0.3, -0.25) is 0 Å². The van der Waals surface area contributed by atoms with Gasteiger partial charge in [0.15, 0.2) is 0 Å². The fourth-order valence-electron chi connectivity index (χ4n) is 4.60. The number of rotatable bonds is 5. The van der Waals surface area contributed by atoms with Crippen molar-refractivity contribution in [1.29, 1.82) is 0 Å². The Hall–Kier alpha value is -1.19. The van der Waals surface area contributed by atoms with E-state index in [1.165, 1.54) is 36.9 Å². The molecule has 1 aliphatic heterocycles. The number of anilines is 1. The summed E-state index contributed by atoms with van der Waals surface area (Å²) in [5.41, 5.74) is 2.66. The van der Waals surface area contributed by atoms with Gasteiger partial charge in [-0.05, 0) is 67.3 Å². The number of nitrogens with zero attached hydrogens (tertiary/aromatic N) is 1. The minimum absolute atomic E-state index is 0.429. The molecule has 2 aliphatic carbocycles. The molecule has 1 nitrogen and oxygen atoms in total. The van der Waals surface area contributed by atoms with E-state index in [4.69, 9.17) is 0 Å². The summed E-state index contributed by atoms with van der Waals surface area (Å²) >= 11 is 5.83. The molecule has 3 fully saturated rings. The number of thioether (sulfide) groups is 1. The third-order valence-electron chi connectivity index (χ3n) is 6.11. The Morgan fingerprint density at radius 3 is 2.19 bits per heavy atom. The van der Waals surface area contributed by atoms with Crippen molar-refractivity contribution < 1.29 is 0 Å². The summed E-state index contributed by atoms with van der Waals surface area (Å²) in [5, 5.41) is 0. The van der Waals surface area contributed by atoms with Crippen molar-refractivity contribution >= 4 is 39.5 Å². The molecule has 0 radical (unpaired) electrons. The molecule has 2 aromatic rings. The first-order valence-electron chi connectivity index (χ1n) is 9.67. The molecule has 3 heteroatoms. The van der Waals surface area contributed by atoms with Crippen LogP contribution in [0.25, 0.3) is 6.08 Å². The van der Waals surface area contributed by atoms with Crippen molar-refractivity contribution in [3.63, 3.8) is 0 Å². The molecule has 1 heterocycles. The fourth-order valence-corrected chi connectivity index (χ4v) is 6.86. The molecule has 134 valence electrons.